The van der Waals surface area contributed by atoms with Crippen molar-refractivity contribution >= 4 is 21.8 Å². The maximum absolute atomic E-state index is 13.6. The molecule has 17 heavy (non-hydrogen) atoms. The van der Waals surface area contributed by atoms with E-state index in [9.17, 15) is 9.18 Å². The van der Waals surface area contributed by atoms with Crippen LogP contribution in [-0.4, -0.2) is 25.5 Å². The number of halogens is 2. The summed E-state index contributed by atoms with van der Waals surface area (Å²) in [6.45, 7) is 4.17. The molecule has 1 aromatic rings. The third kappa shape index (κ3) is 4.44. The zero-order valence-electron chi connectivity index (χ0n) is 9.72. The van der Waals surface area contributed by atoms with Crippen molar-refractivity contribution in [3.05, 3.63) is 34.1 Å². The Kier molecular flexibility index (Phi) is 6.15. The van der Waals surface area contributed by atoms with E-state index in [0.717, 1.165) is 13.0 Å². The molecule has 0 unspecified atom stereocenters. The summed E-state index contributed by atoms with van der Waals surface area (Å²) in [5.41, 5.74) is 0.0647. The van der Waals surface area contributed by atoms with Crippen molar-refractivity contribution in [1.82, 2.24) is 10.6 Å². The van der Waals surface area contributed by atoms with Gasteiger partial charge in [-0.05, 0) is 41.0 Å². The van der Waals surface area contributed by atoms with Gasteiger partial charge in [0.15, 0.2) is 0 Å². The van der Waals surface area contributed by atoms with E-state index in [0.29, 0.717) is 17.6 Å². The maximum Gasteiger partial charge on any atom is 0.254 e. The molecule has 0 radical (unpaired) electrons. The second-order valence-corrected chi connectivity index (χ2v) is 4.46. The molecule has 0 spiro atoms. The molecule has 2 N–H and O–H groups in total. The Morgan fingerprint density at radius 1 is 1.35 bits per heavy atom. The summed E-state index contributed by atoms with van der Waals surface area (Å²) in [6, 6.07) is 4.67. The number of nitrogens with one attached hydrogen (secondary N) is 2. The topological polar surface area (TPSA) is 41.1 Å². The first-order valence-electron chi connectivity index (χ1n) is 5.59. The Morgan fingerprint density at radius 3 is 2.82 bits per heavy atom. The molecule has 0 atom stereocenters. The lowest BCUT2D eigenvalue weighted by Crippen LogP contribution is -2.32. The number of hydrogen-bond donors (Lipinski definition) is 2. The van der Waals surface area contributed by atoms with Crippen molar-refractivity contribution < 1.29 is 9.18 Å². The fourth-order valence-electron chi connectivity index (χ4n) is 1.34. The van der Waals surface area contributed by atoms with Gasteiger partial charge >= 0.3 is 0 Å². The number of hydrogen-bond acceptors (Lipinski definition) is 2. The first-order chi connectivity index (χ1) is 8.16. The third-order valence-corrected chi connectivity index (χ3v) is 2.82. The highest BCUT2D eigenvalue weighted by molar-refractivity contribution is 9.10. The van der Waals surface area contributed by atoms with Crippen LogP contribution < -0.4 is 10.6 Å². The van der Waals surface area contributed by atoms with E-state index in [2.05, 4.69) is 33.5 Å². The molecule has 0 heterocycles. The summed E-state index contributed by atoms with van der Waals surface area (Å²) in [5.74, 6) is -0.909. The van der Waals surface area contributed by atoms with Gasteiger partial charge in [0, 0.05) is 13.1 Å². The molecule has 3 nitrogen and oxygen atoms in total. The summed E-state index contributed by atoms with van der Waals surface area (Å²) in [4.78, 5) is 11.7. The fraction of sp³-hybridized carbons (Fsp3) is 0.417. The zero-order valence-corrected chi connectivity index (χ0v) is 11.3. The molecule has 0 bridgehead atoms. The number of carbonyl (C=O) groups excluding carboxylic acids is 1. The molecule has 0 aromatic heterocycles. The molecule has 0 aliphatic rings. The largest absolute Gasteiger partial charge is 0.351 e. The molecule has 0 aliphatic heterocycles. The lowest BCUT2D eigenvalue weighted by Gasteiger charge is -2.07. The van der Waals surface area contributed by atoms with Gasteiger partial charge in [0.2, 0.25) is 0 Å². The van der Waals surface area contributed by atoms with Gasteiger partial charge in [-0.3, -0.25) is 4.79 Å². The average molecular weight is 303 g/mol. The lowest BCUT2D eigenvalue weighted by molar-refractivity contribution is 0.0950. The van der Waals surface area contributed by atoms with Gasteiger partial charge in [0.25, 0.3) is 5.91 Å². The van der Waals surface area contributed by atoms with E-state index < -0.39 is 5.82 Å². The summed E-state index contributed by atoms with van der Waals surface area (Å²) in [7, 11) is 0. The van der Waals surface area contributed by atoms with E-state index in [4.69, 9.17) is 0 Å². The SMILES string of the molecule is CCCNCCNC(=O)c1cccc(Br)c1F. The Labute approximate surface area is 109 Å². The minimum Gasteiger partial charge on any atom is -0.351 e. The summed E-state index contributed by atoms with van der Waals surface area (Å²) in [5, 5.41) is 5.81. The molecule has 94 valence electrons. The van der Waals surface area contributed by atoms with Crippen LogP contribution in [0.25, 0.3) is 0 Å². The average Bonchev–Trinajstić information content (AvgIpc) is 2.32. The van der Waals surface area contributed by atoms with Crippen LogP contribution in [0.15, 0.2) is 22.7 Å². The fourth-order valence-corrected chi connectivity index (χ4v) is 1.71. The number of rotatable bonds is 6. The molecule has 0 saturated carbocycles. The van der Waals surface area contributed by atoms with E-state index in [1.165, 1.54) is 6.07 Å². The van der Waals surface area contributed by atoms with Crippen LogP contribution in [0.5, 0.6) is 0 Å². The molecule has 1 amide bonds. The molecular formula is C12H16BrFN2O. The van der Waals surface area contributed by atoms with Crippen LogP contribution in [0.1, 0.15) is 23.7 Å². The normalized spacial score (nSPS) is 10.3. The van der Waals surface area contributed by atoms with E-state index in [1.54, 1.807) is 12.1 Å². The van der Waals surface area contributed by atoms with Gasteiger partial charge in [-0.15, -0.1) is 0 Å². The van der Waals surface area contributed by atoms with Gasteiger partial charge in [-0.25, -0.2) is 4.39 Å². The van der Waals surface area contributed by atoms with Crippen molar-refractivity contribution in [3.63, 3.8) is 0 Å². The maximum atomic E-state index is 13.6. The monoisotopic (exact) mass is 302 g/mol. The summed E-state index contributed by atoms with van der Waals surface area (Å²) < 4.78 is 13.9. The molecular weight excluding hydrogens is 287 g/mol. The summed E-state index contributed by atoms with van der Waals surface area (Å²) >= 11 is 3.05. The highest BCUT2D eigenvalue weighted by Gasteiger charge is 2.12. The first-order valence-corrected chi connectivity index (χ1v) is 6.39. The number of benzene rings is 1. The Hall–Kier alpha value is -0.940. The zero-order chi connectivity index (χ0) is 12.7. The Morgan fingerprint density at radius 2 is 2.12 bits per heavy atom. The van der Waals surface area contributed by atoms with Gasteiger partial charge in [0.1, 0.15) is 5.82 Å². The van der Waals surface area contributed by atoms with Crippen molar-refractivity contribution in [3.8, 4) is 0 Å². The second kappa shape index (κ2) is 7.40. The van der Waals surface area contributed by atoms with Gasteiger partial charge in [-0.2, -0.15) is 0 Å². The summed E-state index contributed by atoms with van der Waals surface area (Å²) in [6.07, 6.45) is 1.05. The van der Waals surface area contributed by atoms with Crippen LogP contribution in [0, 0.1) is 5.82 Å². The van der Waals surface area contributed by atoms with Crippen LogP contribution in [0.4, 0.5) is 4.39 Å². The minimum absolute atomic E-state index is 0.0647. The Balaban J connectivity index is 2.44. The van der Waals surface area contributed by atoms with E-state index in [1.807, 2.05) is 0 Å². The molecule has 1 rings (SSSR count). The molecule has 5 heteroatoms. The molecule has 0 saturated heterocycles. The van der Waals surface area contributed by atoms with Crippen molar-refractivity contribution in [1.29, 1.82) is 0 Å². The molecule has 0 aliphatic carbocycles. The number of amides is 1. The molecule has 1 aromatic carbocycles. The van der Waals surface area contributed by atoms with E-state index in [-0.39, 0.29) is 11.5 Å². The predicted octanol–water partition coefficient (Wildman–Crippen LogP) is 2.32. The number of carbonyl (C=O) groups is 1. The minimum atomic E-state index is -0.522. The van der Waals surface area contributed by atoms with Crippen LogP contribution in [-0.2, 0) is 0 Å². The smallest absolute Gasteiger partial charge is 0.254 e. The van der Waals surface area contributed by atoms with Crippen LogP contribution >= 0.6 is 15.9 Å². The first kappa shape index (κ1) is 14.1. The van der Waals surface area contributed by atoms with Crippen LogP contribution in [0.2, 0.25) is 0 Å². The second-order valence-electron chi connectivity index (χ2n) is 3.61. The lowest BCUT2D eigenvalue weighted by atomic mass is 10.2. The van der Waals surface area contributed by atoms with Gasteiger partial charge in [-0.1, -0.05) is 13.0 Å². The predicted molar refractivity (Wildman–Crippen MR) is 69.6 cm³/mol. The van der Waals surface area contributed by atoms with E-state index >= 15 is 0 Å². The van der Waals surface area contributed by atoms with Crippen molar-refractivity contribution in [2.75, 3.05) is 19.6 Å². The van der Waals surface area contributed by atoms with Gasteiger partial charge < -0.3 is 10.6 Å². The highest BCUT2D eigenvalue weighted by Crippen LogP contribution is 2.18. The standard InChI is InChI=1S/C12H16BrFN2O/c1-2-6-15-7-8-16-12(17)9-4-3-5-10(13)11(9)14/h3-5,15H,2,6-8H2,1H3,(H,16,17). The Bertz CT molecular complexity index is 385. The van der Waals surface area contributed by atoms with Gasteiger partial charge in [0.05, 0.1) is 10.0 Å². The quantitative estimate of drug-likeness (QED) is 0.792. The third-order valence-electron chi connectivity index (χ3n) is 2.21. The highest BCUT2D eigenvalue weighted by atomic mass is 79.9. The molecule has 0 fully saturated rings. The van der Waals surface area contributed by atoms with Crippen LogP contribution in [0.3, 0.4) is 0 Å². The van der Waals surface area contributed by atoms with Crippen molar-refractivity contribution in [2.45, 2.75) is 13.3 Å². The van der Waals surface area contributed by atoms with Crippen molar-refractivity contribution in [2.24, 2.45) is 0 Å².